The zero-order valence-corrected chi connectivity index (χ0v) is 27.0. The van der Waals surface area contributed by atoms with Gasteiger partial charge in [0.2, 0.25) is 16.0 Å². The van der Waals surface area contributed by atoms with Gasteiger partial charge >= 0.3 is 6.18 Å². The summed E-state index contributed by atoms with van der Waals surface area (Å²) in [5.74, 6) is -0.0824. The normalized spacial score (nSPS) is 18.5. The molecule has 2 N–H and O–H groups in total. The number of benzene rings is 2. The minimum atomic E-state index is -4.76. The lowest BCUT2D eigenvalue weighted by atomic mass is 10.0. The monoisotopic (exact) mass is 660 g/mol. The molecule has 2 saturated heterocycles. The molecular formula is C31H39F3N8O3S. The predicted octanol–water partition coefficient (Wildman–Crippen LogP) is 4.53. The molecule has 2 aromatic carbocycles. The Morgan fingerprint density at radius 1 is 0.957 bits per heavy atom. The zero-order valence-electron chi connectivity index (χ0n) is 26.1. The first kappa shape index (κ1) is 32.1. The van der Waals surface area contributed by atoms with E-state index in [-0.39, 0.29) is 18.2 Å². The van der Waals surface area contributed by atoms with Crippen molar-refractivity contribution in [1.82, 2.24) is 19.8 Å². The molecule has 248 valence electrons. The van der Waals surface area contributed by atoms with Gasteiger partial charge in [-0.15, -0.1) is 0 Å². The maximum absolute atomic E-state index is 14.1. The van der Waals surface area contributed by atoms with Crippen molar-refractivity contribution in [3.63, 3.8) is 0 Å². The third kappa shape index (κ3) is 6.81. The van der Waals surface area contributed by atoms with Crippen LogP contribution in [0, 0.1) is 0 Å². The number of para-hydroxylation sites is 1. The van der Waals surface area contributed by atoms with Crippen LogP contribution in [0.3, 0.4) is 0 Å². The first-order valence-electron chi connectivity index (χ1n) is 15.3. The van der Waals surface area contributed by atoms with Crippen LogP contribution < -0.4 is 24.6 Å². The molecule has 0 amide bonds. The molecule has 11 nitrogen and oxygen atoms in total. The summed E-state index contributed by atoms with van der Waals surface area (Å²) in [6.07, 6.45) is -0.374. The number of alkyl halides is 3. The van der Waals surface area contributed by atoms with Gasteiger partial charge in [-0.1, -0.05) is 12.1 Å². The molecule has 15 heteroatoms. The number of nitrogens with zero attached hydrogens (tertiary/aromatic N) is 6. The van der Waals surface area contributed by atoms with Gasteiger partial charge in [0.25, 0.3) is 0 Å². The Kier molecular flexibility index (Phi) is 8.91. The van der Waals surface area contributed by atoms with Gasteiger partial charge in [-0.3, -0.25) is 9.21 Å². The van der Waals surface area contributed by atoms with E-state index in [9.17, 15) is 21.6 Å². The Hall–Kier alpha value is -3.82. The van der Waals surface area contributed by atoms with Crippen LogP contribution in [0.5, 0.6) is 5.75 Å². The summed E-state index contributed by atoms with van der Waals surface area (Å²) in [4.78, 5) is 15.4. The van der Waals surface area contributed by atoms with Crippen molar-refractivity contribution in [1.29, 1.82) is 0 Å². The molecule has 0 saturated carbocycles. The van der Waals surface area contributed by atoms with E-state index in [4.69, 9.17) is 4.74 Å². The number of methoxy groups -OCH3 is 1. The van der Waals surface area contributed by atoms with Gasteiger partial charge < -0.3 is 25.2 Å². The largest absolute Gasteiger partial charge is 0.494 e. The number of aromatic nitrogens is 2. The summed E-state index contributed by atoms with van der Waals surface area (Å²) in [6, 6.07) is 11.2. The van der Waals surface area contributed by atoms with E-state index in [0.717, 1.165) is 64.1 Å². The van der Waals surface area contributed by atoms with Crippen molar-refractivity contribution >= 4 is 44.5 Å². The highest BCUT2D eigenvalue weighted by Crippen LogP contribution is 2.41. The lowest BCUT2D eigenvalue weighted by Gasteiger charge is -2.42. The lowest BCUT2D eigenvalue weighted by Crippen LogP contribution is -2.52. The van der Waals surface area contributed by atoms with E-state index in [0.29, 0.717) is 41.3 Å². The Balaban J connectivity index is 1.21. The molecular weight excluding hydrogens is 621 g/mol. The molecule has 1 aromatic heterocycles. The Bertz CT molecular complexity index is 1670. The zero-order chi connectivity index (χ0) is 32.6. The number of piperazine rings is 1. The molecule has 3 aliphatic rings. The number of fused-ring (bicyclic) bond motifs is 1. The topological polar surface area (TPSA) is 106 Å². The van der Waals surface area contributed by atoms with Gasteiger partial charge in [0.05, 0.1) is 30.4 Å². The summed E-state index contributed by atoms with van der Waals surface area (Å²) < 4.78 is 73.9. The molecule has 0 aliphatic carbocycles. The average molecular weight is 661 g/mol. The van der Waals surface area contributed by atoms with Crippen molar-refractivity contribution < 1.29 is 26.3 Å². The quantitative estimate of drug-likeness (QED) is 0.358. The third-order valence-corrected chi connectivity index (χ3v) is 10.2. The number of hydrogen-bond acceptors (Lipinski definition) is 10. The first-order valence-corrected chi connectivity index (χ1v) is 17.2. The van der Waals surface area contributed by atoms with Crippen molar-refractivity contribution in [3.05, 3.63) is 53.7 Å². The van der Waals surface area contributed by atoms with Gasteiger partial charge in [0.1, 0.15) is 17.1 Å². The second kappa shape index (κ2) is 12.8. The molecule has 0 bridgehead atoms. The molecule has 6 rings (SSSR count). The smallest absolute Gasteiger partial charge is 0.421 e. The summed E-state index contributed by atoms with van der Waals surface area (Å²) in [7, 11) is 0.0568. The predicted molar refractivity (Wildman–Crippen MR) is 173 cm³/mol. The number of hydrogen-bond donors (Lipinski definition) is 2. The molecule has 0 unspecified atom stereocenters. The van der Waals surface area contributed by atoms with Crippen molar-refractivity contribution in [2.24, 2.45) is 0 Å². The van der Waals surface area contributed by atoms with E-state index >= 15 is 0 Å². The van der Waals surface area contributed by atoms with E-state index in [1.807, 2.05) is 18.2 Å². The summed E-state index contributed by atoms with van der Waals surface area (Å²) >= 11 is 0. The number of ether oxygens (including phenoxy) is 1. The van der Waals surface area contributed by atoms with E-state index in [2.05, 4.69) is 42.3 Å². The molecule has 2 fully saturated rings. The molecule has 46 heavy (non-hydrogen) atoms. The van der Waals surface area contributed by atoms with Gasteiger partial charge in [-0.2, -0.15) is 18.2 Å². The molecule has 3 aromatic rings. The van der Waals surface area contributed by atoms with Crippen LogP contribution in [0.1, 0.15) is 24.0 Å². The Morgan fingerprint density at radius 2 is 1.70 bits per heavy atom. The highest BCUT2D eigenvalue weighted by molar-refractivity contribution is 7.92. The minimum Gasteiger partial charge on any atom is -0.494 e. The van der Waals surface area contributed by atoms with Crippen molar-refractivity contribution in [3.8, 4) is 5.75 Å². The van der Waals surface area contributed by atoms with E-state index < -0.39 is 27.6 Å². The van der Waals surface area contributed by atoms with E-state index in [1.54, 1.807) is 12.1 Å². The van der Waals surface area contributed by atoms with Crippen molar-refractivity contribution in [2.75, 3.05) is 86.1 Å². The number of nitrogens with one attached hydrogen (secondary N) is 2. The number of piperidine rings is 1. The Labute approximate surface area is 267 Å². The van der Waals surface area contributed by atoms with Crippen LogP contribution in [0.25, 0.3) is 0 Å². The van der Waals surface area contributed by atoms with Crippen LogP contribution in [0.15, 0.2) is 42.6 Å². The van der Waals surface area contributed by atoms with Crippen LogP contribution in [0.4, 0.5) is 47.7 Å². The molecule has 0 atom stereocenters. The molecule has 4 heterocycles. The first-order chi connectivity index (χ1) is 21.9. The van der Waals surface area contributed by atoms with Crippen molar-refractivity contribution in [2.45, 2.75) is 31.5 Å². The fourth-order valence-electron chi connectivity index (χ4n) is 6.50. The maximum atomic E-state index is 14.1. The number of rotatable bonds is 8. The highest BCUT2D eigenvalue weighted by atomic mass is 32.2. The second-order valence-electron chi connectivity index (χ2n) is 12.0. The fourth-order valence-corrected chi connectivity index (χ4v) is 7.47. The third-order valence-electron chi connectivity index (χ3n) is 9.02. The number of likely N-dealkylation sites (N-methyl/N-ethyl adjacent to an activating group) is 1. The number of halogens is 3. The average Bonchev–Trinajstić information content (AvgIpc) is 3.48. The minimum absolute atomic E-state index is 0.0814. The summed E-state index contributed by atoms with van der Waals surface area (Å²) in [5, 5.41) is 5.76. The standard InChI is InChI=1S/C31H39F3N8O3S/c1-39-15-17-41(18-16-39)22-10-12-40(13-11-22)23-7-8-25(27(19-23)45-2)37-30-35-20-24(31(32,33)34)29(38-30)36-26-6-4-5-21-9-14-42(28(21)26)46(3,43)44/h4-8,19-20,22H,9-18H2,1-3H3,(H2,35,36,37,38). The number of anilines is 6. The summed E-state index contributed by atoms with van der Waals surface area (Å²) in [5.41, 5.74) is 1.65. The highest BCUT2D eigenvalue weighted by Gasteiger charge is 2.37. The number of sulfonamides is 1. The van der Waals surface area contributed by atoms with Gasteiger partial charge in [-0.05, 0) is 50.1 Å². The van der Waals surface area contributed by atoms with Gasteiger partial charge in [0, 0.05) is 69.8 Å². The van der Waals surface area contributed by atoms with Gasteiger partial charge in [-0.25, -0.2) is 13.4 Å². The van der Waals surface area contributed by atoms with Crippen LogP contribution >= 0.6 is 0 Å². The van der Waals surface area contributed by atoms with Crippen LogP contribution in [0.2, 0.25) is 0 Å². The molecule has 3 aliphatic heterocycles. The van der Waals surface area contributed by atoms with Crippen LogP contribution in [-0.4, -0.2) is 100 Å². The Morgan fingerprint density at radius 3 is 2.37 bits per heavy atom. The maximum Gasteiger partial charge on any atom is 0.421 e. The molecule has 0 radical (unpaired) electrons. The van der Waals surface area contributed by atoms with Crippen LogP contribution in [-0.2, 0) is 22.6 Å². The van der Waals surface area contributed by atoms with E-state index in [1.165, 1.54) is 17.5 Å². The second-order valence-corrected chi connectivity index (χ2v) is 14.0. The SMILES string of the molecule is COc1cc(N2CCC(N3CCN(C)CC3)CC2)ccc1Nc1ncc(C(F)(F)F)c(Nc2cccc3c2N(S(C)(=O)=O)CC3)n1. The molecule has 0 spiro atoms. The van der Waals surface area contributed by atoms with Gasteiger partial charge in [0.15, 0.2) is 0 Å². The fraction of sp³-hybridized carbons (Fsp3) is 0.484. The summed E-state index contributed by atoms with van der Waals surface area (Å²) in [6.45, 7) is 6.45. The lowest BCUT2D eigenvalue weighted by molar-refractivity contribution is -0.137.